The Balaban J connectivity index is 1.52. The van der Waals surface area contributed by atoms with E-state index in [0.29, 0.717) is 17.9 Å². The van der Waals surface area contributed by atoms with Crippen LogP contribution in [0.5, 0.6) is 5.75 Å². The summed E-state index contributed by atoms with van der Waals surface area (Å²) in [5.74, 6) is 0.448. The molecule has 4 atom stereocenters. The number of aliphatic hydroxyl groups excluding tert-OH is 1. The molecule has 0 spiro atoms. The number of piperidine rings is 1. The molecule has 3 heterocycles. The average Bonchev–Trinajstić information content (AvgIpc) is 3.27. The number of carbonyl (C=O) groups is 1. The van der Waals surface area contributed by atoms with Crippen LogP contribution >= 0.6 is 0 Å². The second-order valence-electron chi connectivity index (χ2n) is 7.58. The van der Waals surface area contributed by atoms with E-state index in [-0.39, 0.29) is 18.0 Å². The third-order valence-corrected chi connectivity index (χ3v) is 5.73. The number of carbonyl (C=O) groups excluding carboxylic acids is 1. The standard InChI is InChI=1S/C20H27N5O3/c1-24-16(7-9-22-24)20(27)23-15-12-17(28-14-6-5-8-21-13-14)19(26)18(15)25-10-3-2-4-11-25/h5-9,13,15,17-19,26H,2-4,10-12H2,1H3,(H,23,27)/t15-,17-,18+,19+/m1/s1. The zero-order valence-electron chi connectivity index (χ0n) is 16.1. The molecule has 1 aliphatic heterocycles. The van der Waals surface area contributed by atoms with Gasteiger partial charge in [-0.05, 0) is 44.1 Å². The number of nitrogens with zero attached hydrogens (tertiary/aromatic N) is 4. The molecule has 1 saturated carbocycles. The SMILES string of the molecule is Cn1nccc1C(=O)N[C@@H]1C[C@@H](Oc2cccnc2)[C@H](O)[C@H]1N1CCCCC1. The Hall–Kier alpha value is -2.45. The number of likely N-dealkylation sites (tertiary alicyclic amines) is 1. The molecule has 8 heteroatoms. The predicted molar refractivity (Wildman–Crippen MR) is 103 cm³/mol. The Bertz CT molecular complexity index is 790. The molecule has 8 nitrogen and oxygen atoms in total. The number of pyridine rings is 1. The van der Waals surface area contributed by atoms with Crippen LogP contribution in [0, 0.1) is 0 Å². The minimum absolute atomic E-state index is 0.167. The molecule has 2 N–H and O–H groups in total. The van der Waals surface area contributed by atoms with Crippen molar-refractivity contribution in [3.8, 4) is 5.75 Å². The van der Waals surface area contributed by atoms with E-state index in [1.54, 1.807) is 42.5 Å². The van der Waals surface area contributed by atoms with Gasteiger partial charge in [0, 0.05) is 25.9 Å². The smallest absolute Gasteiger partial charge is 0.269 e. The van der Waals surface area contributed by atoms with Gasteiger partial charge in [0.15, 0.2) is 0 Å². The molecule has 2 aliphatic rings. The number of amides is 1. The highest BCUT2D eigenvalue weighted by molar-refractivity contribution is 5.92. The molecule has 2 aromatic heterocycles. The summed E-state index contributed by atoms with van der Waals surface area (Å²) in [4.78, 5) is 19.1. The number of nitrogens with one attached hydrogen (secondary N) is 1. The summed E-state index contributed by atoms with van der Waals surface area (Å²) >= 11 is 0. The van der Waals surface area contributed by atoms with Gasteiger partial charge in [0.25, 0.3) is 5.91 Å². The highest BCUT2D eigenvalue weighted by Crippen LogP contribution is 2.31. The second-order valence-corrected chi connectivity index (χ2v) is 7.58. The molecule has 150 valence electrons. The van der Waals surface area contributed by atoms with Gasteiger partial charge in [-0.3, -0.25) is 19.4 Å². The molecule has 1 amide bonds. The van der Waals surface area contributed by atoms with Crippen LogP contribution in [0.2, 0.25) is 0 Å². The number of rotatable bonds is 5. The Kier molecular flexibility index (Phi) is 5.59. The van der Waals surface area contributed by atoms with Crippen molar-refractivity contribution >= 4 is 5.91 Å². The summed E-state index contributed by atoms with van der Waals surface area (Å²) < 4.78 is 7.58. The molecule has 0 aromatic carbocycles. The van der Waals surface area contributed by atoms with Crippen molar-refractivity contribution in [2.45, 2.75) is 50.0 Å². The second kappa shape index (κ2) is 8.28. The zero-order chi connectivity index (χ0) is 19.5. The van der Waals surface area contributed by atoms with E-state index in [9.17, 15) is 9.90 Å². The summed E-state index contributed by atoms with van der Waals surface area (Å²) in [6.45, 7) is 1.86. The molecule has 2 fully saturated rings. The highest BCUT2D eigenvalue weighted by atomic mass is 16.5. The number of aromatic nitrogens is 3. The van der Waals surface area contributed by atoms with Crippen LogP contribution in [0.1, 0.15) is 36.2 Å². The molecular weight excluding hydrogens is 358 g/mol. The molecule has 0 unspecified atom stereocenters. The monoisotopic (exact) mass is 385 g/mol. The maximum absolute atomic E-state index is 12.8. The van der Waals surface area contributed by atoms with Crippen LogP contribution in [0.25, 0.3) is 0 Å². The van der Waals surface area contributed by atoms with Gasteiger partial charge in [0.2, 0.25) is 0 Å². The first kappa shape index (κ1) is 18.9. The van der Waals surface area contributed by atoms with E-state index >= 15 is 0 Å². The van der Waals surface area contributed by atoms with Crippen molar-refractivity contribution in [3.05, 3.63) is 42.5 Å². The normalized spacial score (nSPS) is 28.2. The lowest BCUT2D eigenvalue weighted by molar-refractivity contribution is 0.00134. The van der Waals surface area contributed by atoms with Crippen LogP contribution in [-0.2, 0) is 7.05 Å². The first-order chi connectivity index (χ1) is 13.6. The Morgan fingerprint density at radius 2 is 2.07 bits per heavy atom. The van der Waals surface area contributed by atoms with Crippen molar-refractivity contribution in [2.24, 2.45) is 7.05 Å². The first-order valence-electron chi connectivity index (χ1n) is 9.91. The van der Waals surface area contributed by atoms with Gasteiger partial charge in [-0.1, -0.05) is 6.42 Å². The number of ether oxygens (including phenoxy) is 1. The fourth-order valence-electron chi connectivity index (χ4n) is 4.37. The van der Waals surface area contributed by atoms with E-state index in [1.807, 2.05) is 6.07 Å². The van der Waals surface area contributed by atoms with Gasteiger partial charge >= 0.3 is 0 Å². The molecule has 0 bridgehead atoms. The summed E-state index contributed by atoms with van der Waals surface area (Å²) in [5, 5.41) is 18.3. The lowest BCUT2D eigenvalue weighted by Crippen LogP contribution is -2.54. The number of aryl methyl sites for hydroxylation is 1. The maximum atomic E-state index is 12.8. The molecule has 1 saturated heterocycles. The third kappa shape index (κ3) is 3.88. The molecule has 1 aliphatic carbocycles. The number of aliphatic hydroxyl groups is 1. The third-order valence-electron chi connectivity index (χ3n) is 5.73. The average molecular weight is 385 g/mol. The zero-order valence-corrected chi connectivity index (χ0v) is 16.1. The van der Waals surface area contributed by atoms with Crippen LogP contribution in [0.3, 0.4) is 0 Å². The summed E-state index contributed by atoms with van der Waals surface area (Å²) in [7, 11) is 1.74. The van der Waals surface area contributed by atoms with Gasteiger partial charge in [-0.15, -0.1) is 0 Å². The minimum atomic E-state index is -0.685. The molecule has 4 rings (SSSR count). The minimum Gasteiger partial charge on any atom is -0.486 e. The van der Waals surface area contributed by atoms with Gasteiger partial charge in [-0.25, -0.2) is 0 Å². The summed E-state index contributed by atoms with van der Waals surface area (Å²) in [6, 6.07) is 4.97. The van der Waals surface area contributed by atoms with Crippen LogP contribution in [0.15, 0.2) is 36.8 Å². The van der Waals surface area contributed by atoms with E-state index in [4.69, 9.17) is 4.74 Å². The van der Waals surface area contributed by atoms with Crippen molar-refractivity contribution < 1.29 is 14.6 Å². The first-order valence-corrected chi connectivity index (χ1v) is 9.91. The van der Waals surface area contributed by atoms with E-state index in [0.717, 1.165) is 25.9 Å². The van der Waals surface area contributed by atoms with Gasteiger partial charge in [0.05, 0.1) is 18.3 Å². The lowest BCUT2D eigenvalue weighted by Gasteiger charge is -2.37. The Morgan fingerprint density at radius 1 is 1.25 bits per heavy atom. The van der Waals surface area contributed by atoms with Crippen LogP contribution < -0.4 is 10.1 Å². The molecule has 28 heavy (non-hydrogen) atoms. The molecule has 0 radical (unpaired) electrons. The molecular formula is C20H27N5O3. The van der Waals surface area contributed by atoms with Gasteiger partial charge in [0.1, 0.15) is 23.7 Å². The van der Waals surface area contributed by atoms with E-state index < -0.39 is 12.2 Å². The summed E-state index contributed by atoms with van der Waals surface area (Å²) in [5.41, 5.74) is 0.503. The quantitative estimate of drug-likeness (QED) is 0.797. The highest BCUT2D eigenvalue weighted by Gasteiger charge is 2.47. The predicted octanol–water partition coefficient (Wildman–Crippen LogP) is 0.980. The van der Waals surface area contributed by atoms with Crippen molar-refractivity contribution in [1.82, 2.24) is 25.0 Å². The molecule has 2 aromatic rings. The van der Waals surface area contributed by atoms with Gasteiger partial charge in [-0.2, -0.15) is 5.10 Å². The van der Waals surface area contributed by atoms with Crippen molar-refractivity contribution in [3.63, 3.8) is 0 Å². The number of hydrogen-bond donors (Lipinski definition) is 2. The fourth-order valence-corrected chi connectivity index (χ4v) is 4.37. The summed E-state index contributed by atoms with van der Waals surface area (Å²) in [6.07, 6.45) is 7.83. The largest absolute Gasteiger partial charge is 0.486 e. The number of hydrogen-bond acceptors (Lipinski definition) is 6. The fraction of sp³-hybridized carbons (Fsp3) is 0.550. The topological polar surface area (TPSA) is 92.5 Å². The van der Waals surface area contributed by atoms with E-state index in [1.165, 1.54) is 6.42 Å². The van der Waals surface area contributed by atoms with Gasteiger partial charge < -0.3 is 15.2 Å². The van der Waals surface area contributed by atoms with E-state index in [2.05, 4.69) is 20.3 Å². The van der Waals surface area contributed by atoms with Crippen LogP contribution in [0.4, 0.5) is 0 Å². The maximum Gasteiger partial charge on any atom is 0.269 e. The van der Waals surface area contributed by atoms with Crippen molar-refractivity contribution in [1.29, 1.82) is 0 Å². The Morgan fingerprint density at radius 3 is 2.75 bits per heavy atom. The van der Waals surface area contributed by atoms with Crippen molar-refractivity contribution in [2.75, 3.05) is 13.1 Å². The Labute approximate surface area is 164 Å². The lowest BCUT2D eigenvalue weighted by atomic mass is 10.0. The van der Waals surface area contributed by atoms with Crippen LogP contribution in [-0.4, -0.2) is 68.1 Å².